The average molecular weight is 789 g/mol. The van der Waals surface area contributed by atoms with Crippen LogP contribution in [0, 0.1) is 0 Å². The van der Waals surface area contributed by atoms with Gasteiger partial charge in [-0.15, -0.1) is 0 Å². The second kappa shape index (κ2) is 13.1. The molecule has 0 N–H and O–H groups in total. The molecule has 2 nitrogen and oxygen atoms in total. The van der Waals surface area contributed by atoms with E-state index in [2.05, 4.69) is 225 Å². The maximum Gasteiger partial charge on any atom is 0.145 e. The highest BCUT2D eigenvalue weighted by Gasteiger charge is 2.36. The molecule has 2 heteroatoms. The number of hydrogen-bond acceptors (Lipinski definition) is 1. The lowest BCUT2D eigenvalue weighted by Gasteiger charge is -2.24. The van der Waals surface area contributed by atoms with Crippen molar-refractivity contribution >= 4 is 59.5 Å². The molecule has 1 aliphatic carbocycles. The van der Waals surface area contributed by atoms with Crippen molar-refractivity contribution in [3.63, 3.8) is 0 Å². The maximum absolute atomic E-state index is 5.12. The molecule has 10 aromatic carbocycles. The molecule has 13 rings (SSSR count). The van der Waals surface area contributed by atoms with E-state index in [9.17, 15) is 0 Å². The molecule has 0 amide bonds. The minimum atomic E-state index is -0.150. The summed E-state index contributed by atoms with van der Waals surface area (Å²) in [4.78, 5) is 5.12. The number of benzene rings is 10. The van der Waals surface area contributed by atoms with Crippen LogP contribution in [0.25, 0.3) is 115 Å². The van der Waals surface area contributed by atoms with Crippen molar-refractivity contribution in [2.75, 3.05) is 0 Å². The summed E-state index contributed by atoms with van der Waals surface area (Å²) in [5.41, 5.74) is 15.7. The van der Waals surface area contributed by atoms with Gasteiger partial charge in [0.1, 0.15) is 5.65 Å². The fraction of sp³-hybridized carbons (Fsp3) is 0.0500. The second-order valence-electron chi connectivity index (χ2n) is 17.5. The van der Waals surface area contributed by atoms with Gasteiger partial charge in [0.25, 0.3) is 0 Å². The number of rotatable bonds is 4. The van der Waals surface area contributed by atoms with Crippen LogP contribution in [-0.4, -0.2) is 9.38 Å². The van der Waals surface area contributed by atoms with E-state index in [-0.39, 0.29) is 5.41 Å². The van der Waals surface area contributed by atoms with Crippen LogP contribution in [-0.2, 0) is 5.41 Å². The summed E-state index contributed by atoms with van der Waals surface area (Å²) < 4.78 is 2.14. The molecule has 0 fully saturated rings. The smallest absolute Gasteiger partial charge is 0.145 e. The molecule has 1 aliphatic rings. The van der Waals surface area contributed by atoms with E-state index >= 15 is 0 Å². The Morgan fingerprint density at radius 3 is 1.63 bits per heavy atom. The van der Waals surface area contributed by atoms with Gasteiger partial charge in [-0.1, -0.05) is 184 Å². The monoisotopic (exact) mass is 788 g/mol. The van der Waals surface area contributed by atoms with Crippen molar-refractivity contribution in [3.05, 3.63) is 218 Å². The van der Waals surface area contributed by atoms with Gasteiger partial charge in [0, 0.05) is 28.8 Å². The number of aromatic nitrogens is 2. The van der Waals surface area contributed by atoms with Crippen LogP contribution in [0.15, 0.2) is 207 Å². The molecule has 12 aromatic rings. The van der Waals surface area contributed by atoms with Gasteiger partial charge >= 0.3 is 0 Å². The molecule has 62 heavy (non-hydrogen) atoms. The molecule has 0 unspecified atom stereocenters. The number of pyridine rings is 1. The van der Waals surface area contributed by atoms with Gasteiger partial charge < -0.3 is 4.40 Å². The summed E-state index contributed by atoms with van der Waals surface area (Å²) in [6.45, 7) is 4.79. The summed E-state index contributed by atoms with van der Waals surface area (Å²) in [7, 11) is 0. The van der Waals surface area contributed by atoms with Crippen molar-refractivity contribution in [2.45, 2.75) is 19.3 Å². The molecule has 0 spiro atoms. The lowest BCUT2D eigenvalue weighted by atomic mass is 9.78. The van der Waals surface area contributed by atoms with Crippen molar-refractivity contribution in [3.8, 4) is 55.8 Å². The number of imidazole rings is 1. The summed E-state index contributed by atoms with van der Waals surface area (Å²) in [5.74, 6) is 0. The third kappa shape index (κ3) is 5.07. The van der Waals surface area contributed by atoms with E-state index < -0.39 is 0 Å². The Balaban J connectivity index is 1.10. The summed E-state index contributed by atoms with van der Waals surface area (Å²) in [6, 6.07) is 72.1. The van der Waals surface area contributed by atoms with Crippen LogP contribution in [0.3, 0.4) is 0 Å². The number of hydrogen-bond donors (Lipinski definition) is 0. The second-order valence-corrected chi connectivity index (χ2v) is 17.5. The fourth-order valence-corrected chi connectivity index (χ4v) is 10.8. The molecular formula is C60H40N2. The highest BCUT2D eigenvalue weighted by Crippen LogP contribution is 2.54. The van der Waals surface area contributed by atoms with E-state index in [0.717, 1.165) is 22.3 Å². The fourth-order valence-electron chi connectivity index (χ4n) is 10.8. The van der Waals surface area contributed by atoms with Gasteiger partial charge in [0.15, 0.2) is 0 Å². The van der Waals surface area contributed by atoms with Crippen LogP contribution in [0.4, 0.5) is 0 Å². The van der Waals surface area contributed by atoms with E-state index in [1.165, 1.54) is 104 Å². The molecule has 2 heterocycles. The minimum absolute atomic E-state index is 0.150. The van der Waals surface area contributed by atoms with Gasteiger partial charge in [-0.3, -0.25) is 0 Å². The molecule has 0 atom stereocenters. The highest BCUT2D eigenvalue weighted by atomic mass is 15.0. The Morgan fingerprint density at radius 1 is 0.371 bits per heavy atom. The lowest BCUT2D eigenvalue weighted by molar-refractivity contribution is 0.661. The van der Waals surface area contributed by atoms with Crippen LogP contribution in [0.1, 0.15) is 25.0 Å². The first-order valence-corrected chi connectivity index (χ1v) is 21.6. The predicted molar refractivity (Wildman–Crippen MR) is 262 cm³/mol. The van der Waals surface area contributed by atoms with Crippen LogP contribution >= 0.6 is 0 Å². The first-order valence-electron chi connectivity index (χ1n) is 21.6. The van der Waals surface area contributed by atoms with Crippen molar-refractivity contribution in [1.82, 2.24) is 9.38 Å². The molecule has 2 aromatic heterocycles. The molecule has 0 radical (unpaired) electrons. The van der Waals surface area contributed by atoms with Gasteiger partial charge in [0.05, 0.1) is 5.69 Å². The average Bonchev–Trinajstić information content (AvgIpc) is 3.86. The minimum Gasteiger partial charge on any atom is -0.306 e. The normalized spacial score (nSPS) is 13.1. The molecule has 290 valence electrons. The lowest BCUT2D eigenvalue weighted by Crippen LogP contribution is -2.14. The van der Waals surface area contributed by atoms with Gasteiger partial charge in [-0.25, -0.2) is 4.98 Å². The topological polar surface area (TPSA) is 17.3 Å². The highest BCUT2D eigenvalue weighted by molar-refractivity contribution is 6.26. The van der Waals surface area contributed by atoms with Gasteiger partial charge in [-0.2, -0.15) is 0 Å². The van der Waals surface area contributed by atoms with E-state index in [4.69, 9.17) is 4.98 Å². The molecule has 0 saturated carbocycles. The summed E-state index contributed by atoms with van der Waals surface area (Å²) in [6.07, 6.45) is 4.25. The summed E-state index contributed by atoms with van der Waals surface area (Å²) in [5, 5.41) is 12.4. The van der Waals surface area contributed by atoms with Crippen LogP contribution < -0.4 is 0 Å². The van der Waals surface area contributed by atoms with Gasteiger partial charge in [-0.05, 0) is 128 Å². The zero-order chi connectivity index (χ0) is 41.1. The third-order valence-corrected chi connectivity index (χ3v) is 13.8. The number of fused-ring (bicyclic) bond motifs is 10. The third-order valence-electron chi connectivity index (χ3n) is 13.8. The van der Waals surface area contributed by atoms with E-state index in [1.54, 1.807) is 0 Å². The Hall–Kier alpha value is -7.81. The number of nitrogens with zero attached hydrogens (tertiary/aromatic N) is 2. The van der Waals surface area contributed by atoms with Crippen molar-refractivity contribution in [2.24, 2.45) is 0 Å². The van der Waals surface area contributed by atoms with E-state index in [0.29, 0.717) is 0 Å². The first kappa shape index (κ1) is 35.0. The zero-order valence-corrected chi connectivity index (χ0v) is 34.5. The van der Waals surface area contributed by atoms with Crippen molar-refractivity contribution < 1.29 is 0 Å². The molecule has 0 saturated heterocycles. The largest absolute Gasteiger partial charge is 0.306 e. The Bertz CT molecular complexity index is 3820. The zero-order valence-electron chi connectivity index (χ0n) is 34.5. The van der Waals surface area contributed by atoms with E-state index in [1.807, 2.05) is 0 Å². The Morgan fingerprint density at radius 2 is 0.903 bits per heavy atom. The summed E-state index contributed by atoms with van der Waals surface area (Å²) >= 11 is 0. The quantitative estimate of drug-likeness (QED) is 0.162. The van der Waals surface area contributed by atoms with Crippen LogP contribution in [0.5, 0.6) is 0 Å². The Labute approximate surface area is 360 Å². The molecule has 0 bridgehead atoms. The Kier molecular flexibility index (Phi) is 7.39. The van der Waals surface area contributed by atoms with Crippen molar-refractivity contribution in [1.29, 1.82) is 0 Å². The predicted octanol–water partition coefficient (Wildman–Crippen LogP) is 16.1. The standard InChI is InChI=1S/C60H40N2/c1-60(2)54-24-10-9-21-46(54)50-34-52-53(35-55(50)60)58(48-23-12-17-39-14-4-7-19-44(39)48)51-33-42(29-30-49(51)57(52)47-22-11-16-38-13-3-6-18-43(38)47)37-25-27-41(28-26-37)56-36-62-32-31-40-15-5-8-20-45(40)59(62)61-56/h3-36H,1-2H3. The molecule has 0 aliphatic heterocycles. The van der Waals surface area contributed by atoms with Gasteiger partial charge in [0.2, 0.25) is 0 Å². The maximum atomic E-state index is 5.12. The first-order chi connectivity index (χ1) is 30.5. The SMILES string of the molecule is CC1(C)c2ccccc2-c2cc3c(-c4cccc5ccccc45)c4ccc(-c5ccc(-c6cn7ccc8ccccc8c7n6)cc5)cc4c(-c4cccc5ccccc45)c3cc21. The molecular weight excluding hydrogens is 749 g/mol. The van der Waals surface area contributed by atoms with Crippen LogP contribution in [0.2, 0.25) is 0 Å².